The number of nitrogens with one attached hydrogen (secondary N) is 1. The van der Waals surface area contributed by atoms with E-state index in [4.69, 9.17) is 21.3 Å². The third kappa shape index (κ3) is 6.00. The number of carbonyl (C=O) groups is 2. The van der Waals surface area contributed by atoms with Crippen molar-refractivity contribution in [2.75, 3.05) is 17.7 Å². The van der Waals surface area contributed by atoms with Crippen LogP contribution in [0, 0.1) is 0 Å². The summed E-state index contributed by atoms with van der Waals surface area (Å²) in [7, 11) is -3.86. The second kappa shape index (κ2) is 10.2. The molecule has 0 aliphatic heterocycles. The highest BCUT2D eigenvalue weighted by Crippen LogP contribution is 2.31. The number of nitrogen functional groups attached to an aromatic ring is 1. The molecule has 0 radical (unpaired) electrons. The number of rotatable bonds is 8. The van der Waals surface area contributed by atoms with Crippen molar-refractivity contribution < 1.29 is 22.7 Å². The van der Waals surface area contributed by atoms with Crippen LogP contribution in [0.25, 0.3) is 17.2 Å². The van der Waals surface area contributed by atoms with Crippen molar-refractivity contribution in [3.05, 3.63) is 77.9 Å². The van der Waals surface area contributed by atoms with Gasteiger partial charge in [0.15, 0.2) is 0 Å². The average Bonchev–Trinajstić information content (AvgIpc) is 2.79. The molecule has 0 bridgehead atoms. The van der Waals surface area contributed by atoms with Gasteiger partial charge >= 0.3 is 0 Å². The molecule has 3 aromatic rings. The minimum absolute atomic E-state index is 0.0630. The Kier molecular flexibility index (Phi) is 7.34. The monoisotopic (exact) mass is 480 g/mol. The van der Waals surface area contributed by atoms with Crippen LogP contribution in [0.4, 0.5) is 11.4 Å². The number of sulfonamides is 1. The van der Waals surface area contributed by atoms with Gasteiger partial charge in [0.05, 0.1) is 22.8 Å². The molecule has 176 valence electrons. The highest BCUT2D eigenvalue weighted by molar-refractivity contribution is 7.89. The zero-order valence-electron chi connectivity index (χ0n) is 18.3. The molecular formula is C24H24N4O5S. The number of carbonyl (C=O) groups excluding carboxylic acids is 2. The van der Waals surface area contributed by atoms with Crippen LogP contribution in [0.3, 0.4) is 0 Å². The van der Waals surface area contributed by atoms with Crippen molar-refractivity contribution in [3.8, 4) is 16.9 Å². The molecule has 0 heterocycles. The summed E-state index contributed by atoms with van der Waals surface area (Å²) in [6.07, 6.45) is 2.82. The van der Waals surface area contributed by atoms with Gasteiger partial charge < -0.3 is 21.5 Å². The van der Waals surface area contributed by atoms with E-state index >= 15 is 0 Å². The first-order valence-electron chi connectivity index (χ1n) is 10.2. The molecule has 3 rings (SSSR count). The summed E-state index contributed by atoms with van der Waals surface area (Å²) in [5.74, 6) is -0.434. The van der Waals surface area contributed by atoms with E-state index in [1.807, 2.05) is 6.92 Å². The van der Waals surface area contributed by atoms with E-state index in [2.05, 4.69) is 5.32 Å². The minimum atomic E-state index is -3.86. The molecule has 0 spiro atoms. The Morgan fingerprint density at radius 3 is 2.24 bits per heavy atom. The number of anilines is 2. The Bertz CT molecular complexity index is 1350. The number of amides is 2. The molecule has 0 unspecified atom stereocenters. The highest BCUT2D eigenvalue weighted by Gasteiger charge is 2.15. The molecule has 0 saturated carbocycles. The summed E-state index contributed by atoms with van der Waals surface area (Å²) >= 11 is 0. The van der Waals surface area contributed by atoms with Crippen LogP contribution in [-0.4, -0.2) is 26.8 Å². The summed E-state index contributed by atoms with van der Waals surface area (Å²) in [5, 5.41) is 7.87. The largest absolute Gasteiger partial charge is 0.494 e. The standard InChI is InChI=1S/C24H24N4O5S/c1-2-33-18-8-6-17(7-9-18)28-22(29)12-3-15-13-20(23(25)21(14-15)24(26)30)16-4-10-19(11-5-16)34(27,31)32/h3-14H,2,25H2,1H3,(H2,26,30)(H,28,29)(H2,27,31,32). The molecule has 34 heavy (non-hydrogen) atoms. The Morgan fingerprint density at radius 2 is 1.68 bits per heavy atom. The zero-order valence-corrected chi connectivity index (χ0v) is 19.1. The lowest BCUT2D eigenvalue weighted by molar-refractivity contribution is -0.111. The first kappa shape index (κ1) is 24.5. The van der Waals surface area contributed by atoms with Crippen LogP contribution in [0.2, 0.25) is 0 Å². The molecule has 7 N–H and O–H groups in total. The second-order valence-corrected chi connectivity index (χ2v) is 8.80. The van der Waals surface area contributed by atoms with Gasteiger partial charge in [-0.15, -0.1) is 0 Å². The normalized spacial score (nSPS) is 11.4. The van der Waals surface area contributed by atoms with Gasteiger partial charge in [0.25, 0.3) is 5.91 Å². The van der Waals surface area contributed by atoms with Crippen molar-refractivity contribution in [1.29, 1.82) is 0 Å². The molecule has 0 fully saturated rings. The number of primary amides is 1. The van der Waals surface area contributed by atoms with Gasteiger partial charge in [-0.1, -0.05) is 12.1 Å². The van der Waals surface area contributed by atoms with Gasteiger partial charge in [0.1, 0.15) is 5.75 Å². The summed E-state index contributed by atoms with van der Waals surface area (Å²) in [4.78, 5) is 24.2. The molecule has 0 aliphatic carbocycles. The smallest absolute Gasteiger partial charge is 0.250 e. The van der Waals surface area contributed by atoms with E-state index in [-0.39, 0.29) is 22.1 Å². The molecule has 0 saturated heterocycles. The molecular weight excluding hydrogens is 456 g/mol. The Balaban J connectivity index is 1.88. The van der Waals surface area contributed by atoms with Gasteiger partial charge in [-0.05, 0) is 72.7 Å². The van der Waals surface area contributed by atoms with Crippen molar-refractivity contribution in [2.24, 2.45) is 10.9 Å². The summed E-state index contributed by atoms with van der Waals surface area (Å²) in [5.41, 5.74) is 13.9. The number of hydrogen-bond donors (Lipinski definition) is 4. The number of ether oxygens (including phenoxy) is 1. The Hall–Kier alpha value is -4.15. The maximum Gasteiger partial charge on any atom is 0.250 e. The molecule has 3 aromatic carbocycles. The Morgan fingerprint density at radius 1 is 1.03 bits per heavy atom. The predicted octanol–water partition coefficient (Wildman–Crippen LogP) is 2.73. The van der Waals surface area contributed by atoms with Crippen LogP contribution in [-0.2, 0) is 14.8 Å². The average molecular weight is 481 g/mol. The van der Waals surface area contributed by atoms with Gasteiger partial charge in [-0.3, -0.25) is 9.59 Å². The summed E-state index contributed by atoms with van der Waals surface area (Å²) in [6, 6.07) is 15.8. The number of nitrogens with two attached hydrogens (primary N) is 3. The number of hydrogen-bond acceptors (Lipinski definition) is 6. The van der Waals surface area contributed by atoms with Gasteiger partial charge in [0.2, 0.25) is 15.9 Å². The highest BCUT2D eigenvalue weighted by atomic mass is 32.2. The molecule has 0 aliphatic rings. The van der Waals surface area contributed by atoms with Gasteiger partial charge in [-0.2, -0.15) is 0 Å². The van der Waals surface area contributed by atoms with Gasteiger partial charge in [-0.25, -0.2) is 13.6 Å². The fourth-order valence-corrected chi connectivity index (χ4v) is 3.71. The van der Waals surface area contributed by atoms with Crippen molar-refractivity contribution in [2.45, 2.75) is 11.8 Å². The topological polar surface area (TPSA) is 168 Å². The number of benzene rings is 3. The fourth-order valence-electron chi connectivity index (χ4n) is 3.20. The fraction of sp³-hybridized carbons (Fsp3) is 0.0833. The van der Waals surface area contributed by atoms with E-state index in [1.165, 1.54) is 42.5 Å². The van der Waals surface area contributed by atoms with Crippen LogP contribution in [0.5, 0.6) is 5.75 Å². The van der Waals surface area contributed by atoms with E-state index in [1.54, 1.807) is 30.3 Å². The first-order chi connectivity index (χ1) is 16.1. The lowest BCUT2D eigenvalue weighted by atomic mass is 9.96. The minimum Gasteiger partial charge on any atom is -0.494 e. The lowest BCUT2D eigenvalue weighted by Gasteiger charge is -2.12. The second-order valence-electron chi connectivity index (χ2n) is 7.24. The third-order valence-corrected chi connectivity index (χ3v) is 5.75. The molecule has 0 atom stereocenters. The molecule has 9 nitrogen and oxygen atoms in total. The van der Waals surface area contributed by atoms with E-state index in [0.717, 1.165) is 0 Å². The molecule has 0 aromatic heterocycles. The maximum atomic E-state index is 12.4. The van der Waals surface area contributed by atoms with Crippen molar-refractivity contribution in [3.63, 3.8) is 0 Å². The van der Waals surface area contributed by atoms with E-state index in [0.29, 0.717) is 34.7 Å². The number of primary sulfonamides is 1. The zero-order chi connectivity index (χ0) is 24.9. The van der Waals surface area contributed by atoms with Crippen LogP contribution in [0.15, 0.2) is 71.6 Å². The summed E-state index contributed by atoms with van der Waals surface area (Å²) in [6.45, 7) is 2.42. The van der Waals surface area contributed by atoms with Crippen molar-refractivity contribution in [1.82, 2.24) is 0 Å². The first-order valence-corrected chi connectivity index (χ1v) is 11.7. The Labute approximate surface area is 197 Å². The maximum absolute atomic E-state index is 12.4. The predicted molar refractivity (Wildman–Crippen MR) is 131 cm³/mol. The van der Waals surface area contributed by atoms with E-state index in [9.17, 15) is 18.0 Å². The van der Waals surface area contributed by atoms with Crippen LogP contribution in [0.1, 0.15) is 22.8 Å². The van der Waals surface area contributed by atoms with Crippen LogP contribution >= 0.6 is 0 Å². The van der Waals surface area contributed by atoms with Gasteiger partial charge in [0, 0.05) is 17.3 Å². The third-order valence-electron chi connectivity index (χ3n) is 4.82. The molecule has 2 amide bonds. The molecule has 10 heteroatoms. The SMILES string of the molecule is CCOc1ccc(NC(=O)C=Cc2cc(C(N)=O)c(N)c(-c3ccc(S(N)(=O)=O)cc3)c2)cc1. The van der Waals surface area contributed by atoms with Crippen LogP contribution < -0.4 is 26.7 Å². The van der Waals surface area contributed by atoms with E-state index < -0.39 is 15.9 Å². The quantitative estimate of drug-likeness (QED) is 0.285. The lowest BCUT2D eigenvalue weighted by Crippen LogP contribution is -2.14. The van der Waals surface area contributed by atoms with Crippen molar-refractivity contribution >= 4 is 39.3 Å². The summed E-state index contributed by atoms with van der Waals surface area (Å²) < 4.78 is 28.4.